The molecule has 2 atom stereocenters. The summed E-state index contributed by atoms with van der Waals surface area (Å²) in [7, 11) is 0. The van der Waals surface area contributed by atoms with Crippen LogP contribution in [-0.4, -0.2) is 5.91 Å². The molecule has 2 aromatic carbocycles. The minimum atomic E-state index is -0.103. The molecule has 108 valence electrons. The van der Waals surface area contributed by atoms with E-state index in [9.17, 15) is 4.79 Å². The van der Waals surface area contributed by atoms with Gasteiger partial charge in [0.05, 0.1) is 12.0 Å². The summed E-state index contributed by atoms with van der Waals surface area (Å²) in [5, 5.41) is 3.21. The van der Waals surface area contributed by atoms with Crippen LogP contribution in [0.25, 0.3) is 0 Å². The zero-order valence-corrected chi connectivity index (χ0v) is 12.8. The lowest BCUT2D eigenvalue weighted by Crippen LogP contribution is -2.43. The average Bonchev–Trinajstić information content (AvgIpc) is 2.46. The first-order chi connectivity index (χ1) is 9.98. The smallest absolute Gasteiger partial charge is 0.228 e. The molecule has 0 radical (unpaired) electrons. The first-order valence-electron chi connectivity index (χ1n) is 7.42. The summed E-state index contributed by atoms with van der Waals surface area (Å²) in [4.78, 5) is 12.7. The average molecular weight is 279 g/mol. The molecule has 1 amide bonds. The van der Waals surface area contributed by atoms with Crippen molar-refractivity contribution >= 4 is 5.91 Å². The SMILES string of the molecule is CC(C)(C)C1C(=O)NC(c2ccccc2)c2ccccc21. The standard InChI is InChI=1S/C19H21NO/c1-19(2,3)16-14-11-7-8-12-15(14)17(20-18(16)21)13-9-5-4-6-10-13/h4-12,16-17H,1-3H3,(H,20,21). The van der Waals surface area contributed by atoms with Crippen LogP contribution in [0.2, 0.25) is 0 Å². The van der Waals surface area contributed by atoms with Gasteiger partial charge in [0, 0.05) is 0 Å². The van der Waals surface area contributed by atoms with Gasteiger partial charge in [-0.25, -0.2) is 0 Å². The van der Waals surface area contributed by atoms with E-state index in [0.717, 1.165) is 11.1 Å². The first kappa shape index (κ1) is 13.9. The van der Waals surface area contributed by atoms with Crippen LogP contribution in [0, 0.1) is 5.41 Å². The minimum absolute atomic E-state index is 0.0477. The van der Waals surface area contributed by atoms with Crippen LogP contribution in [0.3, 0.4) is 0 Å². The van der Waals surface area contributed by atoms with Crippen molar-refractivity contribution in [3.05, 3.63) is 71.3 Å². The Labute approximate surface area is 126 Å². The maximum absolute atomic E-state index is 12.7. The number of rotatable bonds is 1. The van der Waals surface area contributed by atoms with Gasteiger partial charge in [0.1, 0.15) is 0 Å². The van der Waals surface area contributed by atoms with Crippen molar-refractivity contribution < 1.29 is 4.79 Å². The second-order valence-electron chi connectivity index (χ2n) is 6.78. The van der Waals surface area contributed by atoms with Crippen LogP contribution in [0.4, 0.5) is 0 Å². The third-order valence-electron chi connectivity index (χ3n) is 4.17. The van der Waals surface area contributed by atoms with Crippen molar-refractivity contribution in [2.75, 3.05) is 0 Å². The topological polar surface area (TPSA) is 29.1 Å². The Morgan fingerprint density at radius 2 is 1.43 bits per heavy atom. The normalized spacial score (nSPS) is 21.6. The van der Waals surface area contributed by atoms with Crippen molar-refractivity contribution in [3.8, 4) is 0 Å². The second kappa shape index (κ2) is 5.03. The fourth-order valence-electron chi connectivity index (χ4n) is 3.25. The predicted molar refractivity (Wildman–Crippen MR) is 85.1 cm³/mol. The number of carbonyl (C=O) groups is 1. The number of amides is 1. The van der Waals surface area contributed by atoms with Gasteiger partial charge in [0.15, 0.2) is 0 Å². The lowest BCUT2D eigenvalue weighted by atomic mass is 9.71. The van der Waals surface area contributed by atoms with Crippen LogP contribution in [0.5, 0.6) is 0 Å². The Balaban J connectivity index is 2.14. The predicted octanol–water partition coefficient (Wildman–Crippen LogP) is 4.04. The number of fused-ring (bicyclic) bond motifs is 1. The van der Waals surface area contributed by atoms with Crippen molar-refractivity contribution in [2.45, 2.75) is 32.7 Å². The van der Waals surface area contributed by atoms with Crippen molar-refractivity contribution in [2.24, 2.45) is 5.41 Å². The van der Waals surface area contributed by atoms with E-state index in [4.69, 9.17) is 0 Å². The zero-order chi connectivity index (χ0) is 15.0. The maximum Gasteiger partial charge on any atom is 0.228 e. The Bertz CT molecular complexity index is 655. The van der Waals surface area contributed by atoms with Gasteiger partial charge in [0.25, 0.3) is 0 Å². The van der Waals surface area contributed by atoms with Crippen LogP contribution in [0.15, 0.2) is 54.6 Å². The summed E-state index contributed by atoms with van der Waals surface area (Å²) in [6.07, 6.45) is 0. The highest BCUT2D eigenvalue weighted by atomic mass is 16.2. The van der Waals surface area contributed by atoms with Crippen molar-refractivity contribution in [1.82, 2.24) is 5.32 Å². The Kier molecular flexibility index (Phi) is 3.32. The van der Waals surface area contributed by atoms with Gasteiger partial charge >= 0.3 is 0 Å². The lowest BCUT2D eigenvalue weighted by molar-refractivity contribution is -0.126. The molecule has 2 aromatic rings. The molecule has 1 N–H and O–H groups in total. The highest BCUT2D eigenvalue weighted by Gasteiger charge is 2.40. The molecule has 2 nitrogen and oxygen atoms in total. The number of hydrogen-bond acceptors (Lipinski definition) is 1. The highest BCUT2D eigenvalue weighted by molar-refractivity contribution is 5.87. The van der Waals surface area contributed by atoms with Gasteiger partial charge in [-0.2, -0.15) is 0 Å². The molecule has 0 spiro atoms. The summed E-state index contributed by atoms with van der Waals surface area (Å²) in [5.74, 6) is 0.0173. The molecule has 2 unspecified atom stereocenters. The number of hydrogen-bond donors (Lipinski definition) is 1. The quantitative estimate of drug-likeness (QED) is 0.838. The van der Waals surface area contributed by atoms with Crippen LogP contribution < -0.4 is 5.32 Å². The minimum Gasteiger partial charge on any atom is -0.345 e. The molecule has 0 bridgehead atoms. The summed E-state index contributed by atoms with van der Waals surface area (Å²) in [5.41, 5.74) is 3.40. The van der Waals surface area contributed by atoms with Gasteiger partial charge < -0.3 is 5.32 Å². The molecular weight excluding hydrogens is 258 g/mol. The van der Waals surface area contributed by atoms with E-state index in [0.29, 0.717) is 0 Å². The van der Waals surface area contributed by atoms with Gasteiger partial charge in [-0.15, -0.1) is 0 Å². The molecule has 0 aliphatic carbocycles. The Morgan fingerprint density at radius 3 is 2.05 bits per heavy atom. The van der Waals surface area contributed by atoms with Crippen molar-refractivity contribution in [1.29, 1.82) is 0 Å². The van der Waals surface area contributed by atoms with E-state index < -0.39 is 0 Å². The molecular formula is C19H21NO. The molecule has 1 aliphatic heterocycles. The van der Waals surface area contributed by atoms with Gasteiger partial charge in [-0.3, -0.25) is 4.79 Å². The van der Waals surface area contributed by atoms with E-state index in [1.807, 2.05) is 30.3 Å². The zero-order valence-electron chi connectivity index (χ0n) is 12.8. The molecule has 0 saturated heterocycles. The molecule has 0 aromatic heterocycles. The lowest BCUT2D eigenvalue weighted by Gasteiger charge is -2.38. The summed E-state index contributed by atoms with van der Waals surface area (Å²) in [6, 6.07) is 18.4. The highest BCUT2D eigenvalue weighted by Crippen LogP contribution is 2.43. The second-order valence-corrected chi connectivity index (χ2v) is 6.78. The number of carbonyl (C=O) groups excluding carboxylic acids is 1. The molecule has 0 fully saturated rings. The summed E-state index contributed by atoms with van der Waals surface area (Å²) in [6.45, 7) is 6.37. The first-order valence-corrected chi connectivity index (χ1v) is 7.42. The number of nitrogens with one attached hydrogen (secondary N) is 1. The molecule has 1 heterocycles. The molecule has 3 rings (SSSR count). The van der Waals surface area contributed by atoms with Gasteiger partial charge in [-0.1, -0.05) is 75.4 Å². The Hall–Kier alpha value is -2.09. The van der Waals surface area contributed by atoms with Crippen LogP contribution in [-0.2, 0) is 4.79 Å². The molecule has 0 saturated carbocycles. The van der Waals surface area contributed by atoms with E-state index in [2.05, 4.69) is 50.4 Å². The van der Waals surface area contributed by atoms with E-state index in [1.54, 1.807) is 0 Å². The fourth-order valence-corrected chi connectivity index (χ4v) is 3.25. The van der Waals surface area contributed by atoms with Gasteiger partial charge in [0.2, 0.25) is 5.91 Å². The van der Waals surface area contributed by atoms with E-state index >= 15 is 0 Å². The fraction of sp³-hybridized carbons (Fsp3) is 0.316. The third-order valence-corrected chi connectivity index (χ3v) is 4.17. The summed E-state index contributed by atoms with van der Waals surface area (Å²) >= 11 is 0. The third kappa shape index (κ3) is 2.46. The summed E-state index contributed by atoms with van der Waals surface area (Å²) < 4.78 is 0. The van der Waals surface area contributed by atoms with Crippen LogP contribution >= 0.6 is 0 Å². The van der Waals surface area contributed by atoms with E-state index in [1.165, 1.54) is 5.56 Å². The largest absolute Gasteiger partial charge is 0.345 e. The van der Waals surface area contributed by atoms with Crippen molar-refractivity contribution in [3.63, 3.8) is 0 Å². The maximum atomic E-state index is 12.7. The molecule has 21 heavy (non-hydrogen) atoms. The van der Waals surface area contributed by atoms with E-state index in [-0.39, 0.29) is 23.3 Å². The monoisotopic (exact) mass is 279 g/mol. The molecule has 1 aliphatic rings. The van der Waals surface area contributed by atoms with Gasteiger partial charge in [-0.05, 0) is 22.1 Å². The Morgan fingerprint density at radius 1 is 0.857 bits per heavy atom. The molecule has 2 heteroatoms. The van der Waals surface area contributed by atoms with Crippen LogP contribution in [0.1, 0.15) is 49.4 Å². The number of benzene rings is 2.